The summed E-state index contributed by atoms with van der Waals surface area (Å²) in [5, 5.41) is 32.1. The summed E-state index contributed by atoms with van der Waals surface area (Å²) < 4.78 is 0. The second kappa shape index (κ2) is 8.62. The Morgan fingerprint density at radius 3 is 2.33 bits per heavy atom. The van der Waals surface area contributed by atoms with E-state index in [1.165, 1.54) is 0 Å². The van der Waals surface area contributed by atoms with Gasteiger partial charge in [-0.15, -0.1) is 0 Å². The van der Waals surface area contributed by atoms with E-state index in [0.717, 1.165) is 34.1 Å². The molecule has 1 aliphatic rings. The van der Waals surface area contributed by atoms with E-state index in [2.05, 4.69) is 10.2 Å². The SMILES string of the molecule is Nc1ccc2c(c1)N(c1ccccc1)c1cc(N(CCO)CC(O)CO)ccc1N2. The molecule has 4 rings (SSSR count). The molecule has 7 heteroatoms. The van der Waals surface area contributed by atoms with Crippen LogP contribution in [0.5, 0.6) is 0 Å². The summed E-state index contributed by atoms with van der Waals surface area (Å²) in [5.74, 6) is 0. The molecule has 0 aromatic heterocycles. The number of hydrogen-bond acceptors (Lipinski definition) is 7. The van der Waals surface area contributed by atoms with Crippen molar-refractivity contribution in [2.75, 3.05) is 47.2 Å². The molecule has 1 heterocycles. The molecule has 1 aliphatic heterocycles. The van der Waals surface area contributed by atoms with E-state index in [4.69, 9.17) is 5.73 Å². The van der Waals surface area contributed by atoms with Gasteiger partial charge in [-0.25, -0.2) is 0 Å². The third kappa shape index (κ3) is 3.91. The van der Waals surface area contributed by atoms with Gasteiger partial charge in [0.1, 0.15) is 0 Å². The Bertz CT molecular complexity index is 1010. The van der Waals surface area contributed by atoms with Crippen LogP contribution in [0.3, 0.4) is 0 Å². The Morgan fingerprint density at radius 1 is 0.933 bits per heavy atom. The van der Waals surface area contributed by atoms with Crippen molar-refractivity contribution in [3.63, 3.8) is 0 Å². The van der Waals surface area contributed by atoms with Gasteiger partial charge in [0, 0.05) is 30.2 Å². The molecule has 1 unspecified atom stereocenters. The van der Waals surface area contributed by atoms with E-state index in [0.29, 0.717) is 12.2 Å². The second-order valence-corrected chi connectivity index (χ2v) is 7.28. The zero-order valence-corrected chi connectivity index (χ0v) is 16.6. The van der Waals surface area contributed by atoms with E-state index in [1.807, 2.05) is 71.6 Å². The predicted molar refractivity (Wildman–Crippen MR) is 121 cm³/mol. The highest BCUT2D eigenvalue weighted by atomic mass is 16.3. The maximum absolute atomic E-state index is 9.94. The molecule has 0 spiro atoms. The third-order valence-corrected chi connectivity index (χ3v) is 5.15. The van der Waals surface area contributed by atoms with Gasteiger partial charge in [-0.2, -0.15) is 0 Å². The van der Waals surface area contributed by atoms with Crippen molar-refractivity contribution in [3.8, 4) is 0 Å². The third-order valence-electron chi connectivity index (χ3n) is 5.15. The van der Waals surface area contributed by atoms with E-state index in [-0.39, 0.29) is 19.8 Å². The van der Waals surface area contributed by atoms with Crippen molar-refractivity contribution < 1.29 is 15.3 Å². The Morgan fingerprint density at radius 2 is 1.63 bits per heavy atom. The molecule has 6 N–H and O–H groups in total. The van der Waals surface area contributed by atoms with Crippen LogP contribution < -0.4 is 20.9 Å². The number of nitrogens with zero attached hydrogens (tertiary/aromatic N) is 2. The molecule has 3 aromatic carbocycles. The molecule has 0 radical (unpaired) electrons. The van der Waals surface area contributed by atoms with Crippen molar-refractivity contribution in [2.45, 2.75) is 6.10 Å². The second-order valence-electron chi connectivity index (χ2n) is 7.28. The van der Waals surface area contributed by atoms with Gasteiger partial charge in [-0.1, -0.05) is 18.2 Å². The van der Waals surface area contributed by atoms with Crippen LogP contribution in [-0.4, -0.2) is 47.7 Å². The molecule has 3 aromatic rings. The van der Waals surface area contributed by atoms with Crippen LogP contribution in [0.2, 0.25) is 0 Å². The molecule has 30 heavy (non-hydrogen) atoms. The van der Waals surface area contributed by atoms with Crippen LogP contribution in [0.25, 0.3) is 0 Å². The molecule has 0 aliphatic carbocycles. The first kappa shape index (κ1) is 20.0. The molecular formula is C23H26N4O3. The highest BCUT2D eigenvalue weighted by molar-refractivity contribution is 5.98. The minimum atomic E-state index is -0.892. The van der Waals surface area contributed by atoms with Crippen molar-refractivity contribution >= 4 is 39.8 Å². The summed E-state index contributed by atoms with van der Waals surface area (Å²) in [4.78, 5) is 4.00. The number of aliphatic hydroxyl groups excluding tert-OH is 3. The van der Waals surface area contributed by atoms with Gasteiger partial charge in [0.15, 0.2) is 0 Å². The quantitative estimate of drug-likeness (QED) is 0.301. The lowest BCUT2D eigenvalue weighted by Crippen LogP contribution is -2.36. The molecule has 1 atom stereocenters. The summed E-state index contributed by atoms with van der Waals surface area (Å²) in [6.45, 7) is 0.169. The van der Waals surface area contributed by atoms with E-state index in [9.17, 15) is 15.3 Å². The first-order chi connectivity index (χ1) is 14.6. The topological polar surface area (TPSA) is 105 Å². The summed E-state index contributed by atoms with van der Waals surface area (Å²) in [6.07, 6.45) is -0.892. The van der Waals surface area contributed by atoms with Crippen LogP contribution in [0.4, 0.5) is 39.8 Å². The summed E-state index contributed by atoms with van der Waals surface area (Å²) in [6, 6.07) is 21.7. The van der Waals surface area contributed by atoms with Gasteiger partial charge < -0.3 is 36.2 Å². The molecule has 0 amide bonds. The number of fused-ring (bicyclic) bond motifs is 2. The molecular weight excluding hydrogens is 380 g/mol. The lowest BCUT2D eigenvalue weighted by Gasteiger charge is -2.35. The lowest BCUT2D eigenvalue weighted by atomic mass is 10.1. The van der Waals surface area contributed by atoms with Crippen molar-refractivity contribution in [3.05, 3.63) is 66.7 Å². The molecule has 0 fully saturated rings. The van der Waals surface area contributed by atoms with Crippen LogP contribution >= 0.6 is 0 Å². The number of hydrogen-bond donors (Lipinski definition) is 5. The fraction of sp³-hybridized carbons (Fsp3) is 0.217. The molecule has 0 bridgehead atoms. The number of rotatable bonds is 7. The maximum Gasteiger partial charge on any atom is 0.0945 e. The smallest absolute Gasteiger partial charge is 0.0945 e. The summed E-state index contributed by atoms with van der Waals surface area (Å²) in [5.41, 5.74) is 12.4. The summed E-state index contributed by atoms with van der Waals surface area (Å²) in [7, 11) is 0. The van der Waals surface area contributed by atoms with Gasteiger partial charge in [-0.05, 0) is 48.5 Å². The van der Waals surface area contributed by atoms with Crippen LogP contribution in [0.1, 0.15) is 0 Å². The van der Waals surface area contributed by atoms with E-state index in [1.54, 1.807) is 0 Å². The van der Waals surface area contributed by atoms with Gasteiger partial charge >= 0.3 is 0 Å². The summed E-state index contributed by atoms with van der Waals surface area (Å²) >= 11 is 0. The normalized spacial score (nSPS) is 13.2. The van der Waals surface area contributed by atoms with Gasteiger partial charge in [0.05, 0.1) is 42.1 Å². The van der Waals surface area contributed by atoms with Crippen LogP contribution in [-0.2, 0) is 0 Å². The zero-order chi connectivity index (χ0) is 21.1. The number of aliphatic hydroxyl groups is 3. The maximum atomic E-state index is 9.94. The highest BCUT2D eigenvalue weighted by Gasteiger charge is 2.25. The number of nitrogens with two attached hydrogens (primary N) is 1. The van der Waals surface area contributed by atoms with Crippen molar-refractivity contribution in [2.24, 2.45) is 0 Å². The fourth-order valence-electron chi connectivity index (χ4n) is 3.74. The van der Waals surface area contributed by atoms with Crippen LogP contribution in [0.15, 0.2) is 66.7 Å². The average molecular weight is 406 g/mol. The van der Waals surface area contributed by atoms with Gasteiger partial charge in [-0.3, -0.25) is 0 Å². The Balaban J connectivity index is 1.82. The average Bonchev–Trinajstić information content (AvgIpc) is 2.77. The van der Waals surface area contributed by atoms with E-state index < -0.39 is 6.10 Å². The Hall–Kier alpha value is -3.26. The largest absolute Gasteiger partial charge is 0.399 e. The van der Waals surface area contributed by atoms with Crippen molar-refractivity contribution in [1.29, 1.82) is 0 Å². The fourth-order valence-corrected chi connectivity index (χ4v) is 3.74. The van der Waals surface area contributed by atoms with Gasteiger partial charge in [0.2, 0.25) is 0 Å². The lowest BCUT2D eigenvalue weighted by molar-refractivity contribution is 0.0991. The standard InChI is InChI=1S/C23H26N4O3/c24-16-6-8-20-22(12-16)27(17-4-2-1-3-5-17)23-13-18(7-9-21(23)25-20)26(10-11-28)14-19(30)15-29/h1-9,12-13,19,25,28-30H,10-11,14-15,24H2. The molecule has 0 saturated carbocycles. The number of benzene rings is 3. The minimum absolute atomic E-state index is 0.0603. The minimum Gasteiger partial charge on any atom is -0.399 e. The monoisotopic (exact) mass is 406 g/mol. The van der Waals surface area contributed by atoms with Gasteiger partial charge in [0.25, 0.3) is 0 Å². The Kier molecular flexibility index (Phi) is 5.76. The Labute approximate surface area is 175 Å². The number of para-hydroxylation sites is 1. The molecule has 7 nitrogen and oxygen atoms in total. The molecule has 156 valence electrons. The number of nitrogen functional groups attached to an aromatic ring is 1. The van der Waals surface area contributed by atoms with Crippen LogP contribution in [0, 0.1) is 0 Å². The highest BCUT2D eigenvalue weighted by Crippen LogP contribution is 2.49. The van der Waals surface area contributed by atoms with Crippen molar-refractivity contribution in [1.82, 2.24) is 0 Å². The van der Waals surface area contributed by atoms with E-state index >= 15 is 0 Å². The zero-order valence-electron chi connectivity index (χ0n) is 16.6. The first-order valence-electron chi connectivity index (χ1n) is 9.91. The number of nitrogens with one attached hydrogen (secondary N) is 1. The first-order valence-corrected chi connectivity index (χ1v) is 9.91. The molecule has 0 saturated heterocycles. The predicted octanol–water partition coefficient (Wildman–Crippen LogP) is 2.95. The number of anilines is 7.